The van der Waals surface area contributed by atoms with E-state index in [1.807, 2.05) is 24.3 Å². The molecule has 0 atom stereocenters. The second kappa shape index (κ2) is 10.3. The molecule has 2 rings (SSSR count). The van der Waals surface area contributed by atoms with Gasteiger partial charge in [-0.2, -0.15) is 13.2 Å². The van der Waals surface area contributed by atoms with Crippen molar-refractivity contribution in [2.75, 3.05) is 39.1 Å². The first kappa shape index (κ1) is 21.3. The molecule has 10 heteroatoms. The van der Waals surface area contributed by atoms with Crippen LogP contribution in [0.15, 0.2) is 41.5 Å². The Labute approximate surface area is 161 Å². The number of guanidine groups is 1. The smallest absolute Gasteiger partial charge is 0.433 e. The molecule has 3 N–H and O–H groups in total. The van der Waals surface area contributed by atoms with E-state index >= 15 is 0 Å². The second-order valence-corrected chi connectivity index (χ2v) is 5.68. The first-order chi connectivity index (χ1) is 13.4. The summed E-state index contributed by atoms with van der Waals surface area (Å²) in [6.45, 7) is 1.40. The monoisotopic (exact) mass is 396 g/mol. The van der Waals surface area contributed by atoms with Crippen molar-refractivity contribution in [3.8, 4) is 5.75 Å². The number of alkyl halides is 3. The highest BCUT2D eigenvalue weighted by Gasteiger charge is 2.32. The predicted octanol–water partition coefficient (Wildman–Crippen LogP) is 2.32. The molecule has 152 valence electrons. The Hall–Kier alpha value is -3.04. The minimum atomic E-state index is -4.50. The van der Waals surface area contributed by atoms with Gasteiger partial charge in [0.2, 0.25) is 5.95 Å². The van der Waals surface area contributed by atoms with Crippen molar-refractivity contribution in [2.24, 2.45) is 4.99 Å². The molecule has 0 aliphatic heterocycles. The predicted molar refractivity (Wildman–Crippen MR) is 102 cm³/mol. The third-order valence-electron chi connectivity index (χ3n) is 3.75. The molecule has 0 unspecified atom stereocenters. The molecule has 1 aromatic heterocycles. The van der Waals surface area contributed by atoms with E-state index in [-0.39, 0.29) is 5.95 Å². The third kappa shape index (κ3) is 6.60. The second-order valence-electron chi connectivity index (χ2n) is 5.68. The molecule has 2 aromatic rings. The van der Waals surface area contributed by atoms with Gasteiger partial charge in [0.25, 0.3) is 0 Å². The van der Waals surface area contributed by atoms with Crippen LogP contribution in [-0.2, 0) is 12.6 Å². The normalized spacial score (nSPS) is 11.8. The lowest BCUT2D eigenvalue weighted by atomic mass is 10.1. The molecule has 1 aromatic carbocycles. The van der Waals surface area contributed by atoms with Crippen LogP contribution in [-0.4, -0.2) is 49.7 Å². The van der Waals surface area contributed by atoms with Crippen LogP contribution in [0.1, 0.15) is 11.3 Å². The summed E-state index contributed by atoms with van der Waals surface area (Å²) in [6, 6.07) is 8.60. The molecule has 0 radical (unpaired) electrons. The van der Waals surface area contributed by atoms with Gasteiger partial charge in [-0.1, -0.05) is 18.2 Å². The van der Waals surface area contributed by atoms with Crippen molar-refractivity contribution in [3.63, 3.8) is 0 Å². The minimum absolute atomic E-state index is 0.0734. The summed E-state index contributed by atoms with van der Waals surface area (Å²) in [4.78, 5) is 11.3. The Morgan fingerprint density at radius 3 is 2.57 bits per heavy atom. The van der Waals surface area contributed by atoms with E-state index in [2.05, 4.69) is 30.9 Å². The van der Waals surface area contributed by atoms with Crippen molar-refractivity contribution < 1.29 is 17.9 Å². The molecular weight excluding hydrogens is 373 g/mol. The molecule has 0 amide bonds. The Morgan fingerprint density at radius 1 is 1.11 bits per heavy atom. The van der Waals surface area contributed by atoms with Gasteiger partial charge < -0.3 is 20.7 Å². The molecule has 0 bridgehead atoms. The van der Waals surface area contributed by atoms with Crippen LogP contribution >= 0.6 is 0 Å². The Morgan fingerprint density at radius 2 is 1.86 bits per heavy atom. The maximum atomic E-state index is 12.6. The van der Waals surface area contributed by atoms with Crippen LogP contribution in [0.25, 0.3) is 0 Å². The van der Waals surface area contributed by atoms with Crippen LogP contribution in [0.4, 0.5) is 19.1 Å². The SMILES string of the molecule is CN=C(NCCNc1nccc(C(F)(F)F)n1)NCCc1ccccc1OC. The highest BCUT2D eigenvalue weighted by molar-refractivity contribution is 5.79. The number of benzene rings is 1. The first-order valence-electron chi connectivity index (χ1n) is 8.64. The number of anilines is 1. The van der Waals surface area contributed by atoms with E-state index < -0.39 is 11.9 Å². The summed E-state index contributed by atoms with van der Waals surface area (Å²) in [7, 11) is 3.27. The number of ether oxygens (including phenoxy) is 1. The highest BCUT2D eigenvalue weighted by Crippen LogP contribution is 2.27. The number of nitrogens with one attached hydrogen (secondary N) is 3. The fourth-order valence-electron chi connectivity index (χ4n) is 2.40. The van der Waals surface area contributed by atoms with Gasteiger partial charge in [0.05, 0.1) is 7.11 Å². The number of rotatable bonds is 8. The lowest BCUT2D eigenvalue weighted by Gasteiger charge is -2.13. The van der Waals surface area contributed by atoms with E-state index in [9.17, 15) is 13.2 Å². The van der Waals surface area contributed by atoms with Gasteiger partial charge in [0.1, 0.15) is 11.4 Å². The zero-order valence-electron chi connectivity index (χ0n) is 15.7. The zero-order chi connectivity index (χ0) is 20.4. The molecule has 0 fully saturated rings. The first-order valence-corrected chi connectivity index (χ1v) is 8.64. The van der Waals surface area contributed by atoms with Gasteiger partial charge in [0, 0.05) is 32.9 Å². The van der Waals surface area contributed by atoms with Gasteiger partial charge in [-0.3, -0.25) is 4.99 Å². The van der Waals surface area contributed by atoms with E-state index in [1.54, 1.807) is 14.2 Å². The molecule has 0 aliphatic carbocycles. The molecule has 0 saturated heterocycles. The molecule has 0 saturated carbocycles. The number of hydrogen-bond acceptors (Lipinski definition) is 5. The van der Waals surface area contributed by atoms with Crippen molar-refractivity contribution >= 4 is 11.9 Å². The largest absolute Gasteiger partial charge is 0.496 e. The molecule has 1 heterocycles. The number of aliphatic imine (C=N–C) groups is 1. The molecular formula is C18H23F3N6O. The molecule has 28 heavy (non-hydrogen) atoms. The van der Waals surface area contributed by atoms with Gasteiger partial charge in [-0.05, 0) is 24.1 Å². The van der Waals surface area contributed by atoms with Crippen molar-refractivity contribution in [1.29, 1.82) is 0 Å². The Balaban J connectivity index is 1.73. The van der Waals surface area contributed by atoms with Crippen LogP contribution < -0.4 is 20.7 Å². The standard InChI is InChI=1S/C18H23F3N6O/c1-22-16(23-9-7-13-5-3-4-6-14(13)28-2)25-11-12-26-17-24-10-8-15(27-17)18(19,20)21/h3-6,8,10H,7,9,11-12H2,1-2H3,(H2,22,23,25)(H,24,26,27). The fourth-order valence-corrected chi connectivity index (χ4v) is 2.40. The molecule has 7 nitrogen and oxygen atoms in total. The van der Waals surface area contributed by atoms with E-state index in [1.165, 1.54) is 0 Å². The lowest BCUT2D eigenvalue weighted by Crippen LogP contribution is -2.40. The lowest BCUT2D eigenvalue weighted by molar-refractivity contribution is -0.141. The number of methoxy groups -OCH3 is 1. The number of halogens is 3. The van der Waals surface area contributed by atoms with E-state index in [0.29, 0.717) is 25.6 Å². The molecule has 0 spiro atoms. The summed E-state index contributed by atoms with van der Waals surface area (Å²) < 4.78 is 43.2. The quantitative estimate of drug-likeness (QED) is 0.361. The van der Waals surface area contributed by atoms with Gasteiger partial charge in [0.15, 0.2) is 5.96 Å². The number of aromatic nitrogens is 2. The van der Waals surface area contributed by atoms with Crippen molar-refractivity contribution in [1.82, 2.24) is 20.6 Å². The number of para-hydroxylation sites is 1. The maximum Gasteiger partial charge on any atom is 0.433 e. The highest BCUT2D eigenvalue weighted by atomic mass is 19.4. The van der Waals surface area contributed by atoms with Crippen molar-refractivity contribution in [2.45, 2.75) is 12.6 Å². The van der Waals surface area contributed by atoms with E-state index in [4.69, 9.17) is 4.74 Å². The summed E-state index contributed by atoms with van der Waals surface area (Å²) in [5, 5.41) is 8.99. The van der Waals surface area contributed by atoms with Crippen LogP contribution in [0.2, 0.25) is 0 Å². The summed E-state index contributed by atoms with van der Waals surface area (Å²) in [5.74, 6) is 1.34. The average molecular weight is 396 g/mol. The maximum absolute atomic E-state index is 12.6. The van der Waals surface area contributed by atoms with Gasteiger partial charge >= 0.3 is 6.18 Å². The number of nitrogens with zero attached hydrogens (tertiary/aromatic N) is 3. The summed E-state index contributed by atoms with van der Waals surface area (Å²) in [5.41, 5.74) is 0.100. The molecule has 0 aliphatic rings. The van der Waals surface area contributed by atoms with Crippen LogP contribution in [0.3, 0.4) is 0 Å². The van der Waals surface area contributed by atoms with Crippen molar-refractivity contribution in [3.05, 3.63) is 47.8 Å². The minimum Gasteiger partial charge on any atom is -0.496 e. The van der Waals surface area contributed by atoms with E-state index in [0.717, 1.165) is 30.0 Å². The third-order valence-corrected chi connectivity index (χ3v) is 3.75. The van der Waals surface area contributed by atoms with Gasteiger partial charge in [-0.25, -0.2) is 9.97 Å². The number of hydrogen-bond donors (Lipinski definition) is 3. The summed E-state index contributed by atoms with van der Waals surface area (Å²) >= 11 is 0. The van der Waals surface area contributed by atoms with Gasteiger partial charge in [-0.15, -0.1) is 0 Å². The fraction of sp³-hybridized carbons (Fsp3) is 0.389. The Bertz CT molecular complexity index is 782. The Kier molecular flexibility index (Phi) is 7.85. The summed E-state index contributed by atoms with van der Waals surface area (Å²) in [6.07, 6.45) is -2.67. The van der Waals surface area contributed by atoms with Crippen LogP contribution in [0, 0.1) is 0 Å². The zero-order valence-corrected chi connectivity index (χ0v) is 15.7. The average Bonchev–Trinajstić information content (AvgIpc) is 2.69. The van der Waals surface area contributed by atoms with Crippen LogP contribution in [0.5, 0.6) is 5.75 Å². The topological polar surface area (TPSA) is 83.5 Å².